The monoisotopic (exact) mass is 412 g/mol. The molecule has 1 aliphatic heterocycles. The van der Waals surface area contributed by atoms with Crippen LogP contribution in [0.4, 0.5) is 21.5 Å². The smallest absolute Gasteiger partial charge is 0.241 e. The highest BCUT2D eigenvalue weighted by molar-refractivity contribution is 6.05. The van der Waals surface area contributed by atoms with E-state index in [9.17, 15) is 18.8 Å². The number of hydrogen-bond donors (Lipinski definition) is 2. The topological polar surface area (TPSA) is 81.8 Å². The Hall–Kier alpha value is -3.26. The Morgan fingerprint density at radius 3 is 2.63 bits per heavy atom. The first kappa shape index (κ1) is 21.4. The molecule has 0 aliphatic carbocycles. The Balaban J connectivity index is 1.72. The molecule has 0 saturated carbocycles. The van der Waals surface area contributed by atoms with Crippen molar-refractivity contribution in [3.05, 3.63) is 54.3 Å². The second kappa shape index (κ2) is 9.04. The number of fused-ring (bicyclic) bond motifs is 1. The van der Waals surface area contributed by atoms with E-state index in [-0.39, 0.29) is 36.5 Å². The molecule has 0 fully saturated rings. The van der Waals surface area contributed by atoms with Crippen LogP contribution in [0.15, 0.2) is 48.5 Å². The minimum absolute atomic E-state index is 0.0429. The number of carbonyl (C=O) groups excluding carboxylic acids is 3. The van der Waals surface area contributed by atoms with Gasteiger partial charge in [-0.3, -0.25) is 19.3 Å². The van der Waals surface area contributed by atoms with Crippen LogP contribution < -0.4 is 15.5 Å². The lowest BCUT2D eigenvalue weighted by Crippen LogP contribution is -2.48. The lowest BCUT2D eigenvalue weighted by Gasteiger charge is -2.31. The van der Waals surface area contributed by atoms with Gasteiger partial charge in [0.2, 0.25) is 17.7 Å². The number of nitrogens with zero attached hydrogens (tertiary/aromatic N) is 2. The molecule has 1 aliphatic rings. The van der Waals surface area contributed by atoms with Gasteiger partial charge < -0.3 is 15.5 Å². The van der Waals surface area contributed by atoms with Gasteiger partial charge in [-0.1, -0.05) is 24.3 Å². The van der Waals surface area contributed by atoms with Crippen molar-refractivity contribution in [1.82, 2.24) is 4.90 Å². The molecule has 7 nitrogen and oxygen atoms in total. The maximum Gasteiger partial charge on any atom is 0.241 e. The van der Waals surface area contributed by atoms with Crippen LogP contribution in [0.1, 0.15) is 20.3 Å². The molecular formula is C22H25FN4O3. The third-order valence-electron chi connectivity index (χ3n) is 5.18. The van der Waals surface area contributed by atoms with Crippen LogP contribution in [0, 0.1) is 5.82 Å². The number of para-hydroxylation sites is 3. The number of halogens is 1. The summed E-state index contributed by atoms with van der Waals surface area (Å²) in [5.41, 5.74) is 1.29. The number of likely N-dealkylation sites (N-methyl/N-ethyl adjacent to an activating group) is 1. The normalized spacial score (nSPS) is 17.0. The molecular weight excluding hydrogens is 387 g/mol. The van der Waals surface area contributed by atoms with E-state index in [2.05, 4.69) is 10.6 Å². The maximum atomic E-state index is 13.8. The van der Waals surface area contributed by atoms with Gasteiger partial charge in [-0.2, -0.15) is 0 Å². The van der Waals surface area contributed by atoms with E-state index in [1.54, 1.807) is 60.2 Å². The van der Waals surface area contributed by atoms with E-state index in [4.69, 9.17) is 0 Å². The Morgan fingerprint density at radius 1 is 1.23 bits per heavy atom. The standard InChI is InChI=1S/C22H25FN4O3/c1-14-12-20(28)24-18-10-6-7-11-19(18)27(14)21(29)13-26(3)15(2)22(30)25-17-9-5-4-8-16(17)23/h4-11,14-15H,12-13H2,1-3H3,(H,24,28)(H,25,30)/t14-,15+/m1/s1. The molecule has 2 aromatic carbocycles. The predicted molar refractivity (Wildman–Crippen MR) is 114 cm³/mol. The molecule has 0 spiro atoms. The molecule has 30 heavy (non-hydrogen) atoms. The molecule has 3 amide bonds. The Labute approximate surface area is 174 Å². The number of anilines is 3. The van der Waals surface area contributed by atoms with Crippen LogP contribution in [0.2, 0.25) is 0 Å². The van der Waals surface area contributed by atoms with Crippen molar-refractivity contribution >= 4 is 34.8 Å². The second-order valence-electron chi connectivity index (χ2n) is 7.44. The zero-order chi connectivity index (χ0) is 21.8. The molecule has 3 rings (SSSR count). The highest BCUT2D eigenvalue weighted by atomic mass is 19.1. The lowest BCUT2D eigenvalue weighted by atomic mass is 10.1. The molecule has 2 N–H and O–H groups in total. The summed E-state index contributed by atoms with van der Waals surface area (Å²) in [5.74, 6) is -1.34. The Bertz CT molecular complexity index is 965. The third-order valence-corrected chi connectivity index (χ3v) is 5.18. The van der Waals surface area contributed by atoms with Crippen molar-refractivity contribution < 1.29 is 18.8 Å². The van der Waals surface area contributed by atoms with Crippen LogP contribution in [-0.4, -0.2) is 48.3 Å². The predicted octanol–water partition coefficient (Wildman–Crippen LogP) is 2.85. The van der Waals surface area contributed by atoms with Crippen LogP contribution >= 0.6 is 0 Å². The Kier molecular flexibility index (Phi) is 6.47. The summed E-state index contributed by atoms with van der Waals surface area (Å²) in [7, 11) is 1.65. The van der Waals surface area contributed by atoms with Gasteiger partial charge in [0.25, 0.3) is 0 Å². The van der Waals surface area contributed by atoms with E-state index in [0.717, 1.165) is 0 Å². The van der Waals surface area contributed by atoms with E-state index in [1.165, 1.54) is 12.1 Å². The van der Waals surface area contributed by atoms with Gasteiger partial charge in [0, 0.05) is 12.5 Å². The molecule has 1 heterocycles. The SMILES string of the molecule is C[C@@H]1CC(=O)Nc2ccccc2N1C(=O)CN(C)[C@@H](C)C(=O)Nc1ccccc1F. The van der Waals surface area contributed by atoms with E-state index in [0.29, 0.717) is 11.4 Å². The van der Waals surface area contributed by atoms with Crippen molar-refractivity contribution in [2.24, 2.45) is 0 Å². The summed E-state index contributed by atoms with van der Waals surface area (Å²) in [5, 5.41) is 5.37. The number of benzene rings is 2. The molecule has 0 aromatic heterocycles. The first-order chi connectivity index (χ1) is 14.3. The van der Waals surface area contributed by atoms with Gasteiger partial charge in [0.15, 0.2) is 0 Å². The third kappa shape index (κ3) is 4.65. The number of amides is 3. The highest BCUT2D eigenvalue weighted by Crippen LogP contribution is 2.31. The minimum atomic E-state index is -0.675. The van der Waals surface area contributed by atoms with Gasteiger partial charge >= 0.3 is 0 Å². The van der Waals surface area contributed by atoms with E-state index >= 15 is 0 Å². The molecule has 0 unspecified atom stereocenters. The number of nitrogens with one attached hydrogen (secondary N) is 2. The first-order valence-corrected chi connectivity index (χ1v) is 9.74. The number of carbonyl (C=O) groups is 3. The molecule has 8 heteroatoms. The zero-order valence-electron chi connectivity index (χ0n) is 17.2. The molecule has 0 bridgehead atoms. The number of rotatable bonds is 5. The quantitative estimate of drug-likeness (QED) is 0.791. The fourth-order valence-corrected chi connectivity index (χ4v) is 3.39. The first-order valence-electron chi connectivity index (χ1n) is 9.74. The molecule has 2 atom stereocenters. The number of hydrogen-bond acceptors (Lipinski definition) is 4. The largest absolute Gasteiger partial charge is 0.324 e. The zero-order valence-corrected chi connectivity index (χ0v) is 17.2. The van der Waals surface area contributed by atoms with Crippen LogP contribution in [0.25, 0.3) is 0 Å². The fraction of sp³-hybridized carbons (Fsp3) is 0.318. The van der Waals surface area contributed by atoms with Crippen LogP contribution in [0.3, 0.4) is 0 Å². The Morgan fingerprint density at radius 2 is 1.90 bits per heavy atom. The summed E-state index contributed by atoms with van der Waals surface area (Å²) < 4.78 is 13.8. The van der Waals surface area contributed by atoms with Crippen molar-refractivity contribution in [1.29, 1.82) is 0 Å². The molecule has 158 valence electrons. The average Bonchev–Trinajstić information content (AvgIpc) is 2.83. The molecule has 0 saturated heterocycles. The summed E-state index contributed by atoms with van der Waals surface area (Å²) in [4.78, 5) is 40.9. The lowest BCUT2D eigenvalue weighted by molar-refractivity contribution is -0.123. The summed E-state index contributed by atoms with van der Waals surface area (Å²) >= 11 is 0. The summed E-state index contributed by atoms with van der Waals surface area (Å²) in [6.45, 7) is 3.42. The average molecular weight is 412 g/mol. The van der Waals surface area contributed by atoms with Crippen molar-refractivity contribution in [3.63, 3.8) is 0 Å². The van der Waals surface area contributed by atoms with Gasteiger partial charge in [-0.05, 0) is 45.2 Å². The highest BCUT2D eigenvalue weighted by Gasteiger charge is 2.31. The van der Waals surface area contributed by atoms with Gasteiger partial charge in [0.05, 0.1) is 29.6 Å². The van der Waals surface area contributed by atoms with Crippen molar-refractivity contribution in [2.75, 3.05) is 29.1 Å². The molecule has 0 radical (unpaired) electrons. The summed E-state index contributed by atoms with van der Waals surface area (Å²) in [6, 6.07) is 12.0. The van der Waals surface area contributed by atoms with Crippen LogP contribution in [0.5, 0.6) is 0 Å². The van der Waals surface area contributed by atoms with Crippen LogP contribution in [-0.2, 0) is 14.4 Å². The maximum absolute atomic E-state index is 13.8. The minimum Gasteiger partial charge on any atom is -0.324 e. The molecule has 2 aromatic rings. The second-order valence-corrected chi connectivity index (χ2v) is 7.44. The van der Waals surface area contributed by atoms with Crippen molar-refractivity contribution in [3.8, 4) is 0 Å². The van der Waals surface area contributed by atoms with Gasteiger partial charge in [0.1, 0.15) is 5.82 Å². The summed E-state index contributed by atoms with van der Waals surface area (Å²) in [6.07, 6.45) is 0.174. The van der Waals surface area contributed by atoms with Crippen molar-refractivity contribution in [2.45, 2.75) is 32.4 Å². The fourth-order valence-electron chi connectivity index (χ4n) is 3.39. The van der Waals surface area contributed by atoms with E-state index < -0.39 is 17.8 Å². The van der Waals surface area contributed by atoms with Gasteiger partial charge in [-0.25, -0.2) is 4.39 Å². The van der Waals surface area contributed by atoms with E-state index in [1.807, 2.05) is 6.92 Å². The van der Waals surface area contributed by atoms with Gasteiger partial charge in [-0.15, -0.1) is 0 Å².